The lowest BCUT2D eigenvalue weighted by Crippen LogP contribution is -2.29. The van der Waals surface area contributed by atoms with E-state index in [0.29, 0.717) is 5.56 Å². The van der Waals surface area contributed by atoms with Crippen molar-refractivity contribution < 1.29 is 8.78 Å². The topological polar surface area (TPSA) is 26.0 Å². The molecular weight excluding hydrogens is 248 g/mol. The number of thioether (sulfide) groups is 2. The van der Waals surface area contributed by atoms with E-state index < -0.39 is 11.6 Å². The average molecular weight is 261 g/mol. The summed E-state index contributed by atoms with van der Waals surface area (Å²) >= 11 is 3.61. The van der Waals surface area contributed by atoms with Gasteiger partial charge in [0.1, 0.15) is 11.6 Å². The van der Waals surface area contributed by atoms with Gasteiger partial charge in [0.05, 0.1) is 0 Å². The Labute approximate surface area is 102 Å². The van der Waals surface area contributed by atoms with Gasteiger partial charge in [-0.15, -0.1) is 0 Å². The van der Waals surface area contributed by atoms with Crippen molar-refractivity contribution in [1.29, 1.82) is 0 Å². The van der Waals surface area contributed by atoms with Crippen molar-refractivity contribution >= 4 is 23.5 Å². The van der Waals surface area contributed by atoms with Gasteiger partial charge in [-0.3, -0.25) is 0 Å². The summed E-state index contributed by atoms with van der Waals surface area (Å²) in [5.74, 6) is 2.01. The molecule has 1 aliphatic rings. The lowest BCUT2D eigenvalue weighted by atomic mass is 10.0. The SMILES string of the molecule is NC(c1ccc(F)cc1F)C1CSCCS1. The first-order chi connectivity index (χ1) is 7.68. The zero-order valence-electron chi connectivity index (χ0n) is 8.66. The third-order valence-electron chi connectivity index (χ3n) is 2.56. The summed E-state index contributed by atoms with van der Waals surface area (Å²) in [6, 6.07) is 3.27. The summed E-state index contributed by atoms with van der Waals surface area (Å²) in [5, 5.41) is 0.221. The number of nitrogens with two attached hydrogens (primary N) is 1. The van der Waals surface area contributed by atoms with E-state index in [4.69, 9.17) is 5.73 Å². The summed E-state index contributed by atoms with van der Waals surface area (Å²) in [6.45, 7) is 0. The van der Waals surface area contributed by atoms with Crippen LogP contribution in [0, 0.1) is 11.6 Å². The van der Waals surface area contributed by atoms with Crippen LogP contribution in [-0.4, -0.2) is 22.5 Å². The molecule has 1 fully saturated rings. The Balaban J connectivity index is 2.15. The summed E-state index contributed by atoms with van der Waals surface area (Å²) in [4.78, 5) is 0. The quantitative estimate of drug-likeness (QED) is 0.886. The normalized spacial score (nSPS) is 23.1. The molecule has 1 saturated heterocycles. The van der Waals surface area contributed by atoms with Gasteiger partial charge in [0.25, 0.3) is 0 Å². The first-order valence-electron chi connectivity index (χ1n) is 5.08. The van der Waals surface area contributed by atoms with Crippen molar-refractivity contribution in [1.82, 2.24) is 0 Å². The molecule has 0 amide bonds. The van der Waals surface area contributed by atoms with E-state index in [0.717, 1.165) is 23.3 Å². The molecule has 0 spiro atoms. The molecule has 88 valence electrons. The van der Waals surface area contributed by atoms with Crippen molar-refractivity contribution in [2.45, 2.75) is 11.3 Å². The standard InChI is InChI=1S/C11H13F2NS2/c12-7-1-2-8(9(13)5-7)11(14)10-6-15-3-4-16-10/h1-2,5,10-11H,3-4,6,14H2. The minimum atomic E-state index is -0.556. The van der Waals surface area contributed by atoms with Crippen LogP contribution in [0.2, 0.25) is 0 Å². The van der Waals surface area contributed by atoms with E-state index in [9.17, 15) is 8.78 Å². The van der Waals surface area contributed by atoms with Gasteiger partial charge in [-0.05, 0) is 6.07 Å². The molecule has 1 heterocycles. The first-order valence-corrected chi connectivity index (χ1v) is 7.28. The van der Waals surface area contributed by atoms with Gasteiger partial charge in [-0.25, -0.2) is 8.78 Å². The Morgan fingerprint density at radius 2 is 2.12 bits per heavy atom. The lowest BCUT2D eigenvalue weighted by Gasteiger charge is -2.27. The second-order valence-electron chi connectivity index (χ2n) is 3.68. The van der Waals surface area contributed by atoms with E-state index >= 15 is 0 Å². The predicted molar refractivity (Wildman–Crippen MR) is 66.9 cm³/mol. The zero-order valence-corrected chi connectivity index (χ0v) is 10.3. The molecule has 2 N–H and O–H groups in total. The van der Waals surface area contributed by atoms with Crippen LogP contribution in [-0.2, 0) is 0 Å². The van der Waals surface area contributed by atoms with Gasteiger partial charge in [0.15, 0.2) is 0 Å². The fourth-order valence-electron chi connectivity index (χ4n) is 1.69. The number of benzene rings is 1. The second kappa shape index (κ2) is 5.38. The van der Waals surface area contributed by atoms with Crippen LogP contribution in [0.4, 0.5) is 8.78 Å². The van der Waals surface area contributed by atoms with Gasteiger partial charge < -0.3 is 5.73 Å². The minimum Gasteiger partial charge on any atom is -0.323 e. The third kappa shape index (κ3) is 2.70. The molecule has 5 heteroatoms. The monoisotopic (exact) mass is 261 g/mol. The Morgan fingerprint density at radius 3 is 2.75 bits per heavy atom. The molecule has 2 atom stereocenters. The van der Waals surface area contributed by atoms with Gasteiger partial charge in [0.2, 0.25) is 0 Å². The lowest BCUT2D eigenvalue weighted by molar-refractivity contribution is 0.554. The van der Waals surface area contributed by atoms with Crippen LogP contribution < -0.4 is 5.73 Å². The van der Waals surface area contributed by atoms with Crippen LogP contribution in [0.3, 0.4) is 0 Å². The van der Waals surface area contributed by atoms with Crippen LogP contribution in [0.15, 0.2) is 18.2 Å². The molecular formula is C11H13F2NS2. The summed E-state index contributed by atoms with van der Waals surface area (Å²) in [5.41, 5.74) is 6.44. The largest absolute Gasteiger partial charge is 0.323 e. The Kier molecular flexibility index (Phi) is 4.10. The van der Waals surface area contributed by atoms with E-state index in [1.54, 1.807) is 11.8 Å². The summed E-state index contributed by atoms with van der Waals surface area (Å²) < 4.78 is 26.3. The average Bonchev–Trinajstić information content (AvgIpc) is 2.29. The van der Waals surface area contributed by atoms with Gasteiger partial charge in [0, 0.05) is 40.2 Å². The zero-order chi connectivity index (χ0) is 11.5. The molecule has 0 aromatic heterocycles. The van der Waals surface area contributed by atoms with E-state index in [1.165, 1.54) is 12.1 Å². The van der Waals surface area contributed by atoms with E-state index in [-0.39, 0.29) is 11.3 Å². The fraction of sp³-hybridized carbons (Fsp3) is 0.455. The van der Waals surface area contributed by atoms with Crippen molar-refractivity contribution in [3.8, 4) is 0 Å². The van der Waals surface area contributed by atoms with Crippen LogP contribution >= 0.6 is 23.5 Å². The van der Waals surface area contributed by atoms with Crippen molar-refractivity contribution in [2.24, 2.45) is 5.73 Å². The van der Waals surface area contributed by atoms with Crippen LogP contribution in [0.1, 0.15) is 11.6 Å². The fourth-order valence-corrected chi connectivity index (χ4v) is 4.48. The maximum absolute atomic E-state index is 13.5. The van der Waals surface area contributed by atoms with Gasteiger partial charge in [-0.1, -0.05) is 6.07 Å². The highest BCUT2D eigenvalue weighted by Crippen LogP contribution is 2.33. The number of halogens is 2. The number of rotatable bonds is 2. The summed E-state index contributed by atoms with van der Waals surface area (Å²) in [7, 11) is 0. The highest BCUT2D eigenvalue weighted by Gasteiger charge is 2.24. The molecule has 2 unspecified atom stereocenters. The molecule has 1 aliphatic heterocycles. The third-order valence-corrected chi connectivity index (χ3v) is 5.45. The van der Waals surface area contributed by atoms with Crippen molar-refractivity contribution in [3.63, 3.8) is 0 Å². The number of hydrogen-bond acceptors (Lipinski definition) is 3. The van der Waals surface area contributed by atoms with Crippen molar-refractivity contribution in [3.05, 3.63) is 35.4 Å². The maximum Gasteiger partial charge on any atom is 0.130 e. The molecule has 0 bridgehead atoms. The smallest absolute Gasteiger partial charge is 0.130 e. The maximum atomic E-state index is 13.5. The molecule has 0 radical (unpaired) electrons. The van der Waals surface area contributed by atoms with E-state index in [1.807, 2.05) is 11.8 Å². The van der Waals surface area contributed by atoms with Crippen molar-refractivity contribution in [2.75, 3.05) is 17.3 Å². The number of hydrogen-bond donors (Lipinski definition) is 1. The van der Waals surface area contributed by atoms with Gasteiger partial charge in [-0.2, -0.15) is 23.5 Å². The molecule has 0 saturated carbocycles. The van der Waals surface area contributed by atoms with Crippen LogP contribution in [0.5, 0.6) is 0 Å². The molecule has 1 nitrogen and oxygen atoms in total. The highest BCUT2D eigenvalue weighted by molar-refractivity contribution is 8.06. The Bertz CT molecular complexity index is 367. The second-order valence-corrected chi connectivity index (χ2v) is 6.17. The molecule has 1 aromatic carbocycles. The summed E-state index contributed by atoms with van der Waals surface area (Å²) in [6.07, 6.45) is 0. The van der Waals surface area contributed by atoms with Crippen LogP contribution in [0.25, 0.3) is 0 Å². The van der Waals surface area contributed by atoms with E-state index in [2.05, 4.69) is 0 Å². The highest BCUT2D eigenvalue weighted by atomic mass is 32.2. The van der Waals surface area contributed by atoms with Gasteiger partial charge >= 0.3 is 0 Å². The Hall–Kier alpha value is -0.260. The minimum absolute atomic E-state index is 0.221. The molecule has 1 aromatic rings. The molecule has 16 heavy (non-hydrogen) atoms. The predicted octanol–water partition coefficient (Wildman–Crippen LogP) is 2.81. The molecule has 2 rings (SSSR count). The Morgan fingerprint density at radius 1 is 1.31 bits per heavy atom. The first kappa shape index (κ1) is 12.2. The molecule has 0 aliphatic carbocycles.